The van der Waals surface area contributed by atoms with Crippen LogP contribution in [0, 0.1) is 17.0 Å². The second-order valence-corrected chi connectivity index (χ2v) is 8.86. The molecule has 136 valence electrons. The van der Waals surface area contributed by atoms with Gasteiger partial charge in [0, 0.05) is 19.2 Å². The Hall–Kier alpha value is -2.03. The Kier molecular flexibility index (Phi) is 4.30. The minimum Gasteiger partial charge on any atom is -0.341 e. The zero-order valence-corrected chi connectivity index (χ0v) is 14.4. The van der Waals surface area contributed by atoms with Crippen LogP contribution in [0.1, 0.15) is 19.3 Å². The third-order valence-corrected chi connectivity index (χ3v) is 6.60. The van der Waals surface area contributed by atoms with Gasteiger partial charge in [-0.15, -0.1) is 0 Å². The van der Waals surface area contributed by atoms with Gasteiger partial charge in [0.25, 0.3) is 0 Å². The maximum atomic E-state index is 13.7. The van der Waals surface area contributed by atoms with Gasteiger partial charge in [0.05, 0.1) is 17.2 Å². The largest absolute Gasteiger partial charge is 0.341 e. The average molecular weight is 372 g/mol. The highest BCUT2D eigenvalue weighted by Gasteiger charge is 2.58. The lowest BCUT2D eigenvalue weighted by atomic mass is 10.0. The van der Waals surface area contributed by atoms with Crippen molar-refractivity contribution in [1.29, 1.82) is 0 Å². The molecule has 1 unspecified atom stereocenters. The molecule has 0 spiro atoms. The Morgan fingerprint density at radius 2 is 1.96 bits per heavy atom. The Morgan fingerprint density at radius 3 is 2.48 bits per heavy atom. The smallest absolute Gasteiger partial charge is 0.240 e. The van der Waals surface area contributed by atoms with Crippen molar-refractivity contribution < 1.29 is 26.8 Å². The molecule has 1 heterocycles. The zero-order chi connectivity index (χ0) is 18.4. The summed E-state index contributed by atoms with van der Waals surface area (Å²) in [5.74, 6) is -2.90. The number of carbonyl (C=O) groups excluding carboxylic acids is 2. The Morgan fingerprint density at radius 1 is 1.28 bits per heavy atom. The van der Waals surface area contributed by atoms with E-state index in [0.717, 1.165) is 12.1 Å². The first-order chi connectivity index (χ1) is 11.6. The molecular formula is C16H18F2N2O4S. The molecule has 0 bridgehead atoms. The summed E-state index contributed by atoms with van der Waals surface area (Å²) in [5.41, 5.74) is -1.50. The van der Waals surface area contributed by atoms with Crippen LogP contribution in [0.4, 0.5) is 14.5 Å². The predicted molar refractivity (Wildman–Crippen MR) is 86.5 cm³/mol. The third kappa shape index (κ3) is 3.37. The van der Waals surface area contributed by atoms with Gasteiger partial charge < -0.3 is 10.2 Å². The normalized spacial score (nSPS) is 23.1. The van der Waals surface area contributed by atoms with E-state index in [1.807, 2.05) is 0 Å². The molecule has 1 saturated carbocycles. The molecule has 9 heteroatoms. The number of amides is 2. The number of carbonyl (C=O) groups is 2. The van der Waals surface area contributed by atoms with Crippen LogP contribution in [-0.2, 0) is 19.4 Å². The molecule has 1 N–H and O–H groups in total. The van der Waals surface area contributed by atoms with E-state index >= 15 is 0 Å². The molecule has 0 aromatic heterocycles. The molecule has 1 aromatic rings. The molecule has 1 saturated heterocycles. The molecular weight excluding hydrogens is 354 g/mol. The molecule has 2 amide bonds. The van der Waals surface area contributed by atoms with E-state index < -0.39 is 44.7 Å². The molecule has 2 aliphatic rings. The van der Waals surface area contributed by atoms with E-state index in [1.54, 1.807) is 0 Å². The SMILES string of the molecule is CN(C(=O)C1(C(=O)Nc2ccc(F)cc2F)CC1)C1CCS(=O)(=O)C1. The molecule has 25 heavy (non-hydrogen) atoms. The summed E-state index contributed by atoms with van der Waals surface area (Å²) in [6, 6.07) is 2.30. The first-order valence-electron chi connectivity index (χ1n) is 7.89. The van der Waals surface area contributed by atoms with Crippen molar-refractivity contribution >= 4 is 27.3 Å². The fourth-order valence-corrected chi connectivity index (χ4v) is 4.85. The van der Waals surface area contributed by atoms with Gasteiger partial charge in [0.2, 0.25) is 11.8 Å². The van der Waals surface area contributed by atoms with Crippen molar-refractivity contribution in [2.24, 2.45) is 5.41 Å². The van der Waals surface area contributed by atoms with Crippen LogP contribution in [0.15, 0.2) is 18.2 Å². The van der Waals surface area contributed by atoms with Crippen molar-refractivity contribution in [3.8, 4) is 0 Å². The highest BCUT2D eigenvalue weighted by atomic mass is 32.2. The number of nitrogens with zero attached hydrogens (tertiary/aromatic N) is 1. The number of anilines is 1. The van der Waals surface area contributed by atoms with Crippen LogP contribution < -0.4 is 5.32 Å². The quantitative estimate of drug-likeness (QED) is 0.809. The number of hydrogen-bond acceptors (Lipinski definition) is 4. The molecule has 1 aliphatic heterocycles. The van der Waals surface area contributed by atoms with E-state index in [1.165, 1.54) is 11.9 Å². The van der Waals surface area contributed by atoms with Crippen LogP contribution in [0.25, 0.3) is 0 Å². The van der Waals surface area contributed by atoms with Crippen molar-refractivity contribution in [3.05, 3.63) is 29.8 Å². The van der Waals surface area contributed by atoms with Gasteiger partial charge in [-0.2, -0.15) is 0 Å². The van der Waals surface area contributed by atoms with Crippen molar-refractivity contribution in [1.82, 2.24) is 4.90 Å². The van der Waals surface area contributed by atoms with Crippen LogP contribution in [0.5, 0.6) is 0 Å². The molecule has 1 atom stereocenters. The number of hydrogen-bond donors (Lipinski definition) is 1. The van der Waals surface area contributed by atoms with E-state index in [0.29, 0.717) is 25.3 Å². The molecule has 1 aliphatic carbocycles. The Balaban J connectivity index is 1.72. The summed E-state index contributed by atoms with van der Waals surface area (Å²) >= 11 is 0. The molecule has 0 radical (unpaired) electrons. The van der Waals surface area contributed by atoms with E-state index in [9.17, 15) is 26.8 Å². The van der Waals surface area contributed by atoms with Crippen LogP contribution in [-0.4, -0.2) is 49.7 Å². The van der Waals surface area contributed by atoms with Gasteiger partial charge >= 0.3 is 0 Å². The summed E-state index contributed by atoms with van der Waals surface area (Å²) in [6.45, 7) is 0. The second-order valence-electron chi connectivity index (χ2n) is 6.63. The average Bonchev–Trinajstić information content (AvgIpc) is 3.27. The van der Waals surface area contributed by atoms with Gasteiger partial charge in [0.1, 0.15) is 17.0 Å². The number of nitrogens with one attached hydrogen (secondary N) is 1. The summed E-state index contributed by atoms with van der Waals surface area (Å²) in [4.78, 5) is 26.5. The minimum atomic E-state index is -3.16. The first kappa shape index (κ1) is 17.8. The monoisotopic (exact) mass is 372 g/mol. The van der Waals surface area contributed by atoms with E-state index in [4.69, 9.17) is 0 Å². The number of sulfone groups is 1. The fraction of sp³-hybridized carbons (Fsp3) is 0.500. The molecule has 3 rings (SSSR count). The number of halogens is 2. The third-order valence-electron chi connectivity index (χ3n) is 4.85. The Labute approximate surface area is 144 Å². The van der Waals surface area contributed by atoms with Gasteiger partial charge in [-0.3, -0.25) is 9.59 Å². The molecule has 6 nitrogen and oxygen atoms in total. The lowest BCUT2D eigenvalue weighted by molar-refractivity contribution is -0.142. The topological polar surface area (TPSA) is 83.6 Å². The summed E-state index contributed by atoms with van der Waals surface area (Å²) in [5, 5.41) is 2.34. The van der Waals surface area contributed by atoms with Crippen LogP contribution in [0.2, 0.25) is 0 Å². The van der Waals surface area contributed by atoms with Crippen molar-refractivity contribution in [2.75, 3.05) is 23.9 Å². The van der Waals surface area contributed by atoms with Gasteiger partial charge in [-0.1, -0.05) is 0 Å². The predicted octanol–water partition coefficient (Wildman–Crippen LogP) is 1.33. The van der Waals surface area contributed by atoms with Crippen molar-refractivity contribution in [2.45, 2.75) is 25.3 Å². The van der Waals surface area contributed by atoms with E-state index in [-0.39, 0.29) is 17.2 Å². The van der Waals surface area contributed by atoms with Gasteiger partial charge in [-0.05, 0) is 31.4 Å². The lowest BCUT2D eigenvalue weighted by Gasteiger charge is -2.27. The maximum Gasteiger partial charge on any atom is 0.240 e. The van der Waals surface area contributed by atoms with Crippen molar-refractivity contribution in [3.63, 3.8) is 0 Å². The van der Waals surface area contributed by atoms with E-state index in [2.05, 4.69) is 5.32 Å². The van der Waals surface area contributed by atoms with Crippen LogP contribution >= 0.6 is 0 Å². The molecule has 1 aromatic carbocycles. The van der Waals surface area contributed by atoms with Crippen LogP contribution in [0.3, 0.4) is 0 Å². The summed E-state index contributed by atoms with van der Waals surface area (Å²) in [6.07, 6.45) is 0.962. The zero-order valence-electron chi connectivity index (χ0n) is 13.6. The second kappa shape index (κ2) is 6.05. The standard InChI is InChI=1S/C16H18F2N2O4S/c1-20(11-4-7-25(23,24)9-11)15(22)16(5-6-16)14(21)19-13-3-2-10(17)8-12(13)18/h2-3,8,11H,4-7,9H2,1H3,(H,19,21). The van der Waals surface area contributed by atoms with Gasteiger partial charge in [0.15, 0.2) is 9.84 Å². The fourth-order valence-electron chi connectivity index (χ4n) is 3.08. The van der Waals surface area contributed by atoms with Gasteiger partial charge in [-0.25, -0.2) is 17.2 Å². The highest BCUT2D eigenvalue weighted by Crippen LogP contribution is 2.48. The molecule has 2 fully saturated rings. The minimum absolute atomic E-state index is 0.0231. The summed E-state index contributed by atoms with van der Waals surface area (Å²) in [7, 11) is -1.67. The highest BCUT2D eigenvalue weighted by molar-refractivity contribution is 7.91. The first-order valence-corrected chi connectivity index (χ1v) is 9.71. The lowest BCUT2D eigenvalue weighted by Crippen LogP contribution is -2.46. The number of rotatable bonds is 4. The summed E-state index contributed by atoms with van der Waals surface area (Å²) < 4.78 is 49.8. The number of benzene rings is 1. The Bertz CT molecular complexity index is 837. The maximum absolute atomic E-state index is 13.7.